The molecule has 10 heteroatoms. The number of carbonyl (C=O) groups excluding carboxylic acids is 1. The third kappa shape index (κ3) is 3.81. The van der Waals surface area contributed by atoms with Gasteiger partial charge in [0, 0.05) is 18.0 Å². The van der Waals surface area contributed by atoms with Crippen LogP contribution < -0.4 is 5.32 Å². The second kappa shape index (κ2) is 7.24. The number of sulfonamides is 1. The fraction of sp³-hybridized carbons (Fsp3) is 0.357. The number of amides is 1. The van der Waals surface area contributed by atoms with Crippen molar-refractivity contribution in [3.63, 3.8) is 0 Å². The predicted molar refractivity (Wildman–Crippen MR) is 88.8 cm³/mol. The lowest BCUT2D eigenvalue weighted by Crippen LogP contribution is -2.40. The summed E-state index contributed by atoms with van der Waals surface area (Å²) in [7, 11) is -3.51. The highest BCUT2D eigenvalue weighted by molar-refractivity contribution is 7.91. The van der Waals surface area contributed by atoms with Gasteiger partial charge in [0.05, 0.1) is 19.8 Å². The number of nitrogens with one attached hydrogen (secondary N) is 1. The van der Waals surface area contributed by atoms with Gasteiger partial charge in [0.25, 0.3) is 15.9 Å². The van der Waals surface area contributed by atoms with E-state index in [9.17, 15) is 13.2 Å². The van der Waals surface area contributed by atoms with E-state index in [1.165, 1.54) is 16.4 Å². The Bertz CT molecular complexity index is 824. The summed E-state index contributed by atoms with van der Waals surface area (Å²) in [6, 6.07) is 6.20. The molecule has 0 atom stereocenters. The van der Waals surface area contributed by atoms with E-state index < -0.39 is 15.9 Å². The number of hydrogen-bond acceptors (Lipinski definition) is 6. The molecule has 3 rings (SSSR count). The molecule has 0 radical (unpaired) electrons. The molecule has 0 bridgehead atoms. The van der Waals surface area contributed by atoms with E-state index in [-0.39, 0.29) is 21.7 Å². The zero-order valence-electron chi connectivity index (χ0n) is 12.5. The van der Waals surface area contributed by atoms with Gasteiger partial charge in [0.1, 0.15) is 4.21 Å². The van der Waals surface area contributed by atoms with E-state index in [2.05, 4.69) is 5.32 Å². The van der Waals surface area contributed by atoms with Crippen molar-refractivity contribution in [2.24, 2.45) is 0 Å². The molecule has 1 fully saturated rings. The van der Waals surface area contributed by atoms with Crippen LogP contribution in [0.4, 0.5) is 0 Å². The van der Waals surface area contributed by atoms with Crippen LogP contribution in [0.1, 0.15) is 15.4 Å². The Balaban J connectivity index is 1.64. The van der Waals surface area contributed by atoms with Crippen LogP contribution in [0.2, 0.25) is 5.22 Å². The smallest absolute Gasteiger partial charge is 0.287 e. The molecule has 2 aromatic heterocycles. The van der Waals surface area contributed by atoms with Gasteiger partial charge in [-0.2, -0.15) is 4.31 Å². The Morgan fingerprint density at radius 1 is 1.25 bits per heavy atom. The lowest BCUT2D eigenvalue weighted by molar-refractivity contribution is 0.0731. The maximum Gasteiger partial charge on any atom is 0.287 e. The maximum absolute atomic E-state index is 12.5. The molecule has 1 aliphatic heterocycles. The van der Waals surface area contributed by atoms with Crippen LogP contribution >= 0.6 is 22.9 Å². The minimum Gasteiger partial charge on any atom is -0.440 e. The first kappa shape index (κ1) is 17.4. The van der Waals surface area contributed by atoms with Gasteiger partial charge in [-0.25, -0.2) is 8.42 Å². The Morgan fingerprint density at radius 2 is 2.00 bits per heavy atom. The average Bonchev–Trinajstić information content (AvgIpc) is 3.23. The largest absolute Gasteiger partial charge is 0.440 e. The number of furan rings is 1. The van der Waals surface area contributed by atoms with Gasteiger partial charge in [-0.15, -0.1) is 11.3 Å². The molecule has 1 saturated heterocycles. The first-order valence-electron chi connectivity index (χ1n) is 7.17. The standard InChI is InChI=1S/C14H15ClN2O5S2/c15-12-3-2-11(22-12)14(18)16-9-10-1-4-13(23-10)24(19,20)17-5-7-21-8-6-17/h1-4H,5-9H2,(H,16,18). The molecular weight excluding hydrogens is 376 g/mol. The Hall–Kier alpha value is -1.39. The lowest BCUT2D eigenvalue weighted by Gasteiger charge is -2.25. The van der Waals surface area contributed by atoms with E-state index in [1.54, 1.807) is 12.1 Å². The predicted octanol–water partition coefficient (Wildman–Crippen LogP) is 1.95. The molecule has 0 unspecified atom stereocenters. The minimum absolute atomic E-state index is 0.109. The van der Waals surface area contributed by atoms with Crippen molar-refractivity contribution in [1.82, 2.24) is 9.62 Å². The summed E-state index contributed by atoms with van der Waals surface area (Å²) in [6.07, 6.45) is 0. The molecule has 0 aliphatic carbocycles. The molecule has 3 heterocycles. The molecule has 2 aromatic rings. The number of nitrogens with zero attached hydrogens (tertiary/aromatic N) is 1. The molecule has 24 heavy (non-hydrogen) atoms. The van der Waals surface area contributed by atoms with Gasteiger partial charge in [-0.3, -0.25) is 4.79 Å². The number of carbonyl (C=O) groups is 1. The Kier molecular flexibility index (Phi) is 5.26. The summed E-state index contributed by atoms with van der Waals surface area (Å²) in [4.78, 5) is 12.6. The van der Waals surface area contributed by atoms with Crippen molar-refractivity contribution >= 4 is 38.9 Å². The summed E-state index contributed by atoms with van der Waals surface area (Å²) < 4.78 is 36.9. The third-order valence-corrected chi connectivity index (χ3v) is 7.08. The SMILES string of the molecule is O=C(NCc1ccc(S(=O)(=O)N2CCOCC2)s1)c1ccc(Cl)o1. The van der Waals surface area contributed by atoms with Crippen molar-refractivity contribution in [3.8, 4) is 0 Å². The van der Waals surface area contributed by atoms with Crippen LogP contribution in [0.3, 0.4) is 0 Å². The molecule has 1 aliphatic rings. The average molecular weight is 391 g/mol. The number of thiophene rings is 1. The fourth-order valence-electron chi connectivity index (χ4n) is 2.20. The molecule has 1 amide bonds. The summed E-state index contributed by atoms with van der Waals surface area (Å²) >= 11 is 6.76. The van der Waals surface area contributed by atoms with Gasteiger partial charge in [-0.05, 0) is 35.9 Å². The summed E-state index contributed by atoms with van der Waals surface area (Å²) in [5.74, 6) is -0.300. The third-order valence-electron chi connectivity index (χ3n) is 3.42. The minimum atomic E-state index is -3.51. The van der Waals surface area contributed by atoms with Gasteiger partial charge in [0.2, 0.25) is 0 Å². The van der Waals surface area contributed by atoms with Crippen LogP contribution in [0.15, 0.2) is 32.9 Å². The maximum atomic E-state index is 12.5. The van der Waals surface area contributed by atoms with E-state index in [1.807, 2.05) is 0 Å². The monoisotopic (exact) mass is 390 g/mol. The summed E-state index contributed by atoms with van der Waals surface area (Å²) in [5, 5.41) is 2.80. The van der Waals surface area contributed by atoms with Crippen LogP contribution in [0, 0.1) is 0 Å². The van der Waals surface area contributed by atoms with E-state index in [0.29, 0.717) is 26.3 Å². The van der Waals surface area contributed by atoms with Crippen LogP contribution in [0.25, 0.3) is 0 Å². The first-order chi connectivity index (χ1) is 11.5. The second-order valence-corrected chi connectivity index (χ2v) is 8.73. The molecule has 130 valence electrons. The van der Waals surface area contributed by atoms with Crippen LogP contribution in [-0.4, -0.2) is 44.9 Å². The Labute approximate surface area is 148 Å². The van der Waals surface area contributed by atoms with Gasteiger partial charge >= 0.3 is 0 Å². The van der Waals surface area contributed by atoms with Crippen molar-refractivity contribution in [2.45, 2.75) is 10.8 Å². The molecule has 1 N–H and O–H groups in total. The summed E-state index contributed by atoms with van der Waals surface area (Å²) in [6.45, 7) is 1.72. The highest BCUT2D eigenvalue weighted by Gasteiger charge is 2.27. The number of halogens is 1. The molecule has 0 spiro atoms. The van der Waals surface area contributed by atoms with Crippen LogP contribution in [0.5, 0.6) is 0 Å². The highest BCUT2D eigenvalue weighted by Crippen LogP contribution is 2.25. The molecular formula is C14H15ClN2O5S2. The zero-order chi connectivity index (χ0) is 17.2. The fourth-order valence-corrected chi connectivity index (χ4v) is 5.20. The van der Waals surface area contributed by atoms with Crippen molar-refractivity contribution in [2.75, 3.05) is 26.3 Å². The van der Waals surface area contributed by atoms with Crippen LogP contribution in [-0.2, 0) is 21.3 Å². The number of ether oxygens (including phenoxy) is 1. The number of rotatable bonds is 5. The molecule has 7 nitrogen and oxygen atoms in total. The van der Waals surface area contributed by atoms with E-state index >= 15 is 0 Å². The lowest BCUT2D eigenvalue weighted by atomic mass is 10.4. The van der Waals surface area contributed by atoms with Crippen molar-refractivity contribution < 1.29 is 22.4 Å². The Morgan fingerprint density at radius 3 is 2.67 bits per heavy atom. The van der Waals surface area contributed by atoms with Crippen molar-refractivity contribution in [3.05, 3.63) is 40.1 Å². The van der Waals surface area contributed by atoms with Gasteiger partial charge < -0.3 is 14.5 Å². The molecule has 0 aromatic carbocycles. The quantitative estimate of drug-likeness (QED) is 0.842. The van der Waals surface area contributed by atoms with Gasteiger partial charge in [0.15, 0.2) is 11.0 Å². The highest BCUT2D eigenvalue weighted by atomic mass is 35.5. The topological polar surface area (TPSA) is 88.9 Å². The zero-order valence-corrected chi connectivity index (χ0v) is 14.9. The van der Waals surface area contributed by atoms with E-state index in [4.69, 9.17) is 20.8 Å². The normalized spacial score (nSPS) is 16.2. The van der Waals surface area contributed by atoms with E-state index in [0.717, 1.165) is 16.2 Å². The molecule has 0 saturated carbocycles. The van der Waals surface area contributed by atoms with Gasteiger partial charge in [-0.1, -0.05) is 0 Å². The summed E-state index contributed by atoms with van der Waals surface area (Å²) in [5.41, 5.74) is 0. The second-order valence-electron chi connectivity index (χ2n) is 5.02. The number of hydrogen-bond donors (Lipinski definition) is 1. The first-order valence-corrected chi connectivity index (χ1v) is 9.80. The number of morpholine rings is 1. The van der Waals surface area contributed by atoms with Crippen molar-refractivity contribution in [1.29, 1.82) is 0 Å².